The fraction of sp³-hybridized carbons (Fsp3) is 0.385. The third-order valence-corrected chi connectivity index (χ3v) is 3.42. The number of rotatable bonds is 2. The van der Waals surface area contributed by atoms with E-state index in [0.717, 1.165) is 0 Å². The van der Waals surface area contributed by atoms with Gasteiger partial charge in [-0.3, -0.25) is 19.7 Å². The minimum Gasteiger partial charge on any atom is -0.352 e. The lowest BCUT2D eigenvalue weighted by Crippen LogP contribution is -2.63. The quantitative estimate of drug-likeness (QED) is 0.643. The first-order valence-electron chi connectivity index (χ1n) is 6.19. The average Bonchev–Trinajstić information content (AvgIpc) is 2.41. The maximum Gasteiger partial charge on any atom is 0.269 e. The molecule has 1 aromatic carbocycles. The van der Waals surface area contributed by atoms with Crippen LogP contribution >= 0.6 is 0 Å². The first-order chi connectivity index (χ1) is 9.34. The van der Waals surface area contributed by atoms with Crippen molar-refractivity contribution in [1.29, 1.82) is 0 Å². The molecule has 7 nitrogen and oxygen atoms in total. The lowest BCUT2D eigenvalue weighted by molar-refractivity contribution is -0.384. The van der Waals surface area contributed by atoms with Crippen LogP contribution < -0.4 is 5.32 Å². The molecule has 2 amide bonds. The normalized spacial score (nSPS) is 17.5. The molecule has 1 saturated heterocycles. The van der Waals surface area contributed by atoms with Crippen molar-refractivity contribution in [2.45, 2.75) is 19.4 Å². The molecule has 1 aromatic rings. The van der Waals surface area contributed by atoms with Crippen LogP contribution in [-0.2, 0) is 4.79 Å². The average molecular weight is 277 g/mol. The third kappa shape index (κ3) is 2.34. The minimum atomic E-state index is -0.933. The Hall–Kier alpha value is -2.44. The van der Waals surface area contributed by atoms with Gasteiger partial charge in [0.05, 0.1) is 4.92 Å². The molecular formula is C13H15N3O4. The van der Waals surface area contributed by atoms with Gasteiger partial charge in [0, 0.05) is 30.8 Å². The number of non-ortho nitro benzene ring substituents is 1. The molecule has 0 atom stereocenters. The van der Waals surface area contributed by atoms with Crippen LogP contribution in [0.25, 0.3) is 0 Å². The van der Waals surface area contributed by atoms with Crippen LogP contribution in [0.3, 0.4) is 0 Å². The van der Waals surface area contributed by atoms with Gasteiger partial charge < -0.3 is 10.2 Å². The van der Waals surface area contributed by atoms with Gasteiger partial charge in [-0.2, -0.15) is 0 Å². The number of nitrogens with one attached hydrogen (secondary N) is 1. The molecule has 0 spiro atoms. The van der Waals surface area contributed by atoms with Gasteiger partial charge in [-0.15, -0.1) is 0 Å². The highest BCUT2D eigenvalue weighted by molar-refractivity contribution is 5.99. The molecule has 1 aliphatic rings. The van der Waals surface area contributed by atoms with Gasteiger partial charge in [0.15, 0.2) is 0 Å². The molecular weight excluding hydrogens is 262 g/mol. The van der Waals surface area contributed by atoms with Gasteiger partial charge in [-0.1, -0.05) is 0 Å². The SMILES string of the molecule is CC1(C)C(=O)NCCN1C(=O)c1ccc([N+](=O)[O-])cc1. The van der Waals surface area contributed by atoms with E-state index in [1.54, 1.807) is 13.8 Å². The van der Waals surface area contributed by atoms with E-state index in [9.17, 15) is 19.7 Å². The molecule has 0 radical (unpaired) electrons. The Labute approximate surface area is 115 Å². The van der Waals surface area contributed by atoms with E-state index in [4.69, 9.17) is 0 Å². The predicted octanol–water partition coefficient (Wildman–Crippen LogP) is 0.945. The van der Waals surface area contributed by atoms with Crippen LogP contribution in [0, 0.1) is 10.1 Å². The molecule has 20 heavy (non-hydrogen) atoms. The highest BCUT2D eigenvalue weighted by Gasteiger charge is 2.40. The summed E-state index contributed by atoms with van der Waals surface area (Å²) < 4.78 is 0. The zero-order chi connectivity index (χ0) is 14.9. The van der Waals surface area contributed by atoms with Gasteiger partial charge in [-0.05, 0) is 26.0 Å². The van der Waals surface area contributed by atoms with Crippen LogP contribution in [0.15, 0.2) is 24.3 Å². The van der Waals surface area contributed by atoms with Crippen LogP contribution in [0.1, 0.15) is 24.2 Å². The molecule has 0 unspecified atom stereocenters. The lowest BCUT2D eigenvalue weighted by Gasteiger charge is -2.41. The fourth-order valence-corrected chi connectivity index (χ4v) is 2.14. The van der Waals surface area contributed by atoms with Gasteiger partial charge >= 0.3 is 0 Å². The number of benzene rings is 1. The van der Waals surface area contributed by atoms with E-state index in [1.807, 2.05) is 0 Å². The monoisotopic (exact) mass is 277 g/mol. The predicted molar refractivity (Wildman–Crippen MR) is 71.2 cm³/mol. The first-order valence-corrected chi connectivity index (χ1v) is 6.19. The minimum absolute atomic E-state index is 0.0720. The van der Waals surface area contributed by atoms with E-state index >= 15 is 0 Å². The van der Waals surface area contributed by atoms with Crippen molar-refractivity contribution in [3.63, 3.8) is 0 Å². The third-order valence-electron chi connectivity index (χ3n) is 3.42. The van der Waals surface area contributed by atoms with Crippen molar-refractivity contribution in [2.24, 2.45) is 0 Å². The molecule has 0 saturated carbocycles. The van der Waals surface area contributed by atoms with E-state index in [-0.39, 0.29) is 17.5 Å². The Morgan fingerprint density at radius 3 is 2.50 bits per heavy atom. The fourth-order valence-electron chi connectivity index (χ4n) is 2.14. The van der Waals surface area contributed by atoms with Gasteiger partial charge in [-0.25, -0.2) is 0 Å². The Bertz CT molecular complexity index is 565. The number of carbonyl (C=O) groups is 2. The second-order valence-corrected chi connectivity index (χ2v) is 5.08. The standard InChI is InChI=1S/C13H15N3O4/c1-13(2)12(18)14-7-8-15(13)11(17)9-3-5-10(6-4-9)16(19)20/h3-6H,7-8H2,1-2H3,(H,14,18). The smallest absolute Gasteiger partial charge is 0.269 e. The van der Waals surface area contributed by atoms with Crippen LogP contribution in [0.5, 0.6) is 0 Å². The molecule has 1 N–H and O–H groups in total. The molecule has 106 valence electrons. The first kappa shape index (κ1) is 14.0. The molecule has 0 bridgehead atoms. The second kappa shape index (κ2) is 4.92. The molecule has 1 fully saturated rings. The molecule has 0 aromatic heterocycles. The number of piperazine rings is 1. The summed E-state index contributed by atoms with van der Waals surface area (Å²) in [7, 11) is 0. The number of carbonyl (C=O) groups excluding carboxylic acids is 2. The summed E-state index contributed by atoms with van der Waals surface area (Å²) in [6, 6.07) is 5.38. The summed E-state index contributed by atoms with van der Waals surface area (Å²) >= 11 is 0. The van der Waals surface area contributed by atoms with Crippen molar-refractivity contribution in [1.82, 2.24) is 10.2 Å². The van der Waals surface area contributed by atoms with E-state index in [1.165, 1.54) is 29.2 Å². The largest absolute Gasteiger partial charge is 0.352 e. The summed E-state index contributed by atoms with van der Waals surface area (Å²) in [5.74, 6) is -0.515. The molecule has 2 rings (SSSR count). The van der Waals surface area contributed by atoms with Crippen molar-refractivity contribution in [2.75, 3.05) is 13.1 Å². The molecule has 1 aliphatic heterocycles. The van der Waals surface area contributed by atoms with E-state index < -0.39 is 10.5 Å². The summed E-state index contributed by atoms with van der Waals surface area (Å²) in [5, 5.41) is 13.3. The summed E-state index contributed by atoms with van der Waals surface area (Å²) in [5.41, 5.74) is -0.674. The topological polar surface area (TPSA) is 92.6 Å². The number of nitrogens with zero attached hydrogens (tertiary/aromatic N) is 2. The van der Waals surface area contributed by atoms with Crippen LogP contribution in [-0.4, -0.2) is 40.3 Å². The lowest BCUT2D eigenvalue weighted by atomic mass is 9.97. The van der Waals surface area contributed by atoms with Crippen LogP contribution in [0.4, 0.5) is 5.69 Å². The van der Waals surface area contributed by atoms with Gasteiger partial charge in [0.25, 0.3) is 11.6 Å². The Morgan fingerprint density at radius 1 is 1.35 bits per heavy atom. The number of hydrogen-bond acceptors (Lipinski definition) is 4. The Balaban J connectivity index is 2.26. The number of hydrogen-bond donors (Lipinski definition) is 1. The zero-order valence-corrected chi connectivity index (χ0v) is 11.3. The number of nitro groups is 1. The number of nitro benzene ring substituents is 1. The highest BCUT2D eigenvalue weighted by atomic mass is 16.6. The van der Waals surface area contributed by atoms with E-state index in [0.29, 0.717) is 18.7 Å². The second-order valence-electron chi connectivity index (χ2n) is 5.08. The number of amides is 2. The van der Waals surface area contributed by atoms with Crippen molar-refractivity contribution in [3.05, 3.63) is 39.9 Å². The van der Waals surface area contributed by atoms with Gasteiger partial charge in [0.2, 0.25) is 5.91 Å². The highest BCUT2D eigenvalue weighted by Crippen LogP contribution is 2.21. The summed E-state index contributed by atoms with van der Waals surface area (Å²) in [6.07, 6.45) is 0. The maximum absolute atomic E-state index is 12.4. The van der Waals surface area contributed by atoms with Gasteiger partial charge in [0.1, 0.15) is 5.54 Å². The molecule has 1 heterocycles. The summed E-state index contributed by atoms with van der Waals surface area (Å²) in [4.78, 5) is 35.8. The maximum atomic E-state index is 12.4. The van der Waals surface area contributed by atoms with E-state index in [2.05, 4.69) is 5.32 Å². The van der Waals surface area contributed by atoms with Crippen molar-refractivity contribution < 1.29 is 14.5 Å². The molecule has 0 aliphatic carbocycles. The van der Waals surface area contributed by atoms with Crippen molar-refractivity contribution >= 4 is 17.5 Å². The zero-order valence-electron chi connectivity index (χ0n) is 11.3. The van der Waals surface area contributed by atoms with Crippen molar-refractivity contribution in [3.8, 4) is 0 Å². The Morgan fingerprint density at radius 2 is 1.95 bits per heavy atom. The summed E-state index contributed by atoms with van der Waals surface area (Å²) in [6.45, 7) is 4.16. The Kier molecular flexibility index (Phi) is 3.44. The molecule has 7 heteroatoms. The van der Waals surface area contributed by atoms with Crippen LogP contribution in [0.2, 0.25) is 0 Å².